The Morgan fingerprint density at radius 3 is 2.54 bits per heavy atom. The molecule has 0 bridgehead atoms. The molecule has 2 aromatic rings. The lowest BCUT2D eigenvalue weighted by Crippen LogP contribution is -2.56. The number of ether oxygens (including phenoxy) is 1. The van der Waals surface area contributed by atoms with Crippen molar-refractivity contribution in [3.8, 4) is 11.1 Å². The van der Waals surface area contributed by atoms with Gasteiger partial charge >= 0.3 is 11.9 Å². The fraction of sp³-hybridized carbons (Fsp3) is 0.513. The maximum atomic E-state index is 14.4. The molecule has 0 unspecified atom stereocenters. The molecule has 3 fully saturated rings. The molecule has 3 aliphatic heterocycles. The SMILES string of the molecule is CC(C)(C)OC(=O)C[C@@H]1CCCCC/C=C\[C@@H]2C[C@@]2(C(=O)O)NC(=O)[C@@H]2[C@H]3CN(C(=O)c4cccc(-c5ccccc5Cl)c4)C[C@H]3CN2C1=O. The maximum absolute atomic E-state index is 14.4. The highest BCUT2D eigenvalue weighted by Gasteiger charge is 2.62. The van der Waals surface area contributed by atoms with E-state index in [-0.39, 0.29) is 49.6 Å². The fourth-order valence-corrected chi connectivity index (χ4v) is 8.20. The lowest BCUT2D eigenvalue weighted by Gasteiger charge is -2.32. The summed E-state index contributed by atoms with van der Waals surface area (Å²) in [6, 6.07) is 13.7. The smallest absolute Gasteiger partial charge is 0.330 e. The van der Waals surface area contributed by atoms with E-state index < -0.39 is 46.9 Å². The summed E-state index contributed by atoms with van der Waals surface area (Å²) in [5.74, 6) is -4.27. The van der Waals surface area contributed by atoms with E-state index in [1.54, 1.807) is 42.7 Å². The van der Waals surface area contributed by atoms with Gasteiger partial charge in [0.05, 0.1) is 6.42 Å². The van der Waals surface area contributed by atoms with Crippen molar-refractivity contribution in [3.05, 3.63) is 71.3 Å². The average molecular weight is 704 g/mol. The maximum Gasteiger partial charge on any atom is 0.330 e. The predicted octanol–water partition coefficient (Wildman–Crippen LogP) is 5.73. The van der Waals surface area contributed by atoms with Crippen molar-refractivity contribution in [2.45, 2.75) is 82.9 Å². The highest BCUT2D eigenvalue weighted by atomic mass is 35.5. The second-order valence-electron chi connectivity index (χ2n) is 15.3. The van der Waals surface area contributed by atoms with Crippen LogP contribution in [0.25, 0.3) is 11.1 Å². The van der Waals surface area contributed by atoms with Crippen LogP contribution in [-0.4, -0.2) is 81.4 Å². The summed E-state index contributed by atoms with van der Waals surface area (Å²) in [5.41, 5.74) is -0.0544. The number of carboxylic acid groups (broad SMARTS) is 1. The Balaban J connectivity index is 1.28. The van der Waals surface area contributed by atoms with E-state index in [9.17, 15) is 29.1 Å². The topological polar surface area (TPSA) is 133 Å². The van der Waals surface area contributed by atoms with Crippen LogP contribution in [0, 0.1) is 23.7 Å². The minimum atomic E-state index is -1.44. The van der Waals surface area contributed by atoms with E-state index in [2.05, 4.69) is 5.32 Å². The number of halogens is 1. The van der Waals surface area contributed by atoms with Crippen LogP contribution >= 0.6 is 11.6 Å². The number of rotatable bonds is 5. The molecule has 50 heavy (non-hydrogen) atoms. The number of benzene rings is 2. The number of likely N-dealkylation sites (tertiary alicyclic amines) is 1. The molecule has 2 saturated heterocycles. The van der Waals surface area contributed by atoms with Gasteiger partial charge in [-0.2, -0.15) is 0 Å². The van der Waals surface area contributed by atoms with Gasteiger partial charge in [0.2, 0.25) is 11.8 Å². The van der Waals surface area contributed by atoms with Crippen molar-refractivity contribution < 1.29 is 33.8 Å². The van der Waals surface area contributed by atoms with Gasteiger partial charge in [0, 0.05) is 59.5 Å². The van der Waals surface area contributed by atoms with E-state index in [0.29, 0.717) is 23.6 Å². The van der Waals surface area contributed by atoms with Crippen molar-refractivity contribution in [1.29, 1.82) is 0 Å². The monoisotopic (exact) mass is 703 g/mol. The van der Waals surface area contributed by atoms with Crippen LogP contribution in [0.3, 0.4) is 0 Å². The number of hydrogen-bond donors (Lipinski definition) is 2. The molecule has 11 heteroatoms. The molecular weight excluding hydrogens is 658 g/mol. The fourth-order valence-electron chi connectivity index (χ4n) is 7.95. The van der Waals surface area contributed by atoms with Crippen molar-refractivity contribution in [1.82, 2.24) is 15.1 Å². The molecule has 10 nitrogen and oxygen atoms in total. The van der Waals surface area contributed by atoms with Gasteiger partial charge in [0.1, 0.15) is 17.2 Å². The molecule has 0 spiro atoms. The zero-order valence-electron chi connectivity index (χ0n) is 28.9. The van der Waals surface area contributed by atoms with Gasteiger partial charge in [-0.15, -0.1) is 0 Å². The summed E-state index contributed by atoms with van der Waals surface area (Å²) in [6.07, 6.45) is 7.68. The number of carbonyl (C=O) groups is 5. The molecule has 2 aromatic carbocycles. The Labute approximate surface area is 298 Å². The Bertz CT molecular complexity index is 1700. The lowest BCUT2D eigenvalue weighted by molar-refractivity contribution is -0.159. The number of aliphatic carboxylic acids is 1. The van der Waals surface area contributed by atoms with Crippen LogP contribution in [-0.2, 0) is 23.9 Å². The molecule has 3 heterocycles. The summed E-state index contributed by atoms with van der Waals surface area (Å²) in [4.78, 5) is 71.4. The van der Waals surface area contributed by atoms with Crippen LogP contribution in [0.5, 0.6) is 0 Å². The quantitative estimate of drug-likeness (QED) is 0.300. The van der Waals surface area contributed by atoms with E-state index in [4.69, 9.17) is 16.3 Å². The summed E-state index contributed by atoms with van der Waals surface area (Å²) in [6.45, 7) is 6.12. The summed E-state index contributed by atoms with van der Waals surface area (Å²) in [5, 5.41) is 13.7. The Morgan fingerprint density at radius 1 is 1.02 bits per heavy atom. The second-order valence-corrected chi connectivity index (χ2v) is 15.7. The van der Waals surface area contributed by atoms with Crippen molar-refractivity contribution in [3.63, 3.8) is 0 Å². The molecular formula is C39H46ClN3O7. The van der Waals surface area contributed by atoms with Crippen molar-refractivity contribution in [2.24, 2.45) is 23.7 Å². The predicted molar refractivity (Wildman–Crippen MR) is 188 cm³/mol. The average Bonchev–Trinajstić information content (AvgIpc) is 3.41. The first-order chi connectivity index (χ1) is 23.8. The van der Waals surface area contributed by atoms with Crippen LogP contribution in [0.1, 0.15) is 76.1 Å². The summed E-state index contributed by atoms with van der Waals surface area (Å²) in [7, 11) is 0. The standard InChI is InChI=1S/C39H46ClN3O7/c1-38(2,3)50-32(44)19-26-12-7-5-4-6-8-15-28-20-39(28,37(48)49)41-34(45)33-30-23-42(21-27(30)22-43(33)36(26)47)35(46)25-14-11-13-24(18-25)29-16-9-10-17-31(29)40/h8-11,13-18,26-28,30,33H,4-7,12,19-23H2,1-3H3,(H,41,45)(H,48,49)/b15-8-/t26-,27-,28+,30-,33-,39+/m0/s1. The first-order valence-corrected chi connectivity index (χ1v) is 18.0. The molecule has 266 valence electrons. The molecule has 1 aliphatic carbocycles. The third-order valence-corrected chi connectivity index (χ3v) is 10.8. The zero-order chi connectivity index (χ0) is 35.8. The van der Waals surface area contributed by atoms with Crippen LogP contribution in [0.4, 0.5) is 0 Å². The summed E-state index contributed by atoms with van der Waals surface area (Å²) >= 11 is 6.44. The number of carboxylic acids is 1. The number of nitrogens with one attached hydrogen (secondary N) is 1. The molecule has 3 amide bonds. The molecule has 0 aromatic heterocycles. The van der Waals surface area contributed by atoms with E-state index in [1.807, 2.05) is 48.6 Å². The molecule has 0 radical (unpaired) electrons. The molecule has 1 saturated carbocycles. The number of fused-ring (bicyclic) bond motifs is 4. The number of hydrogen-bond acceptors (Lipinski definition) is 6. The van der Waals surface area contributed by atoms with E-state index >= 15 is 0 Å². The lowest BCUT2D eigenvalue weighted by atomic mass is 9.92. The van der Waals surface area contributed by atoms with Gasteiger partial charge in [0.25, 0.3) is 5.91 Å². The van der Waals surface area contributed by atoms with Crippen LogP contribution in [0.15, 0.2) is 60.7 Å². The number of nitrogens with zero attached hydrogens (tertiary/aromatic N) is 2. The molecule has 6 rings (SSSR count). The van der Waals surface area contributed by atoms with Gasteiger partial charge in [-0.05, 0) is 70.2 Å². The van der Waals surface area contributed by atoms with Crippen molar-refractivity contribution in [2.75, 3.05) is 19.6 Å². The second kappa shape index (κ2) is 14.2. The molecule has 6 atom stereocenters. The molecule has 4 aliphatic rings. The highest BCUT2D eigenvalue weighted by molar-refractivity contribution is 6.33. The number of esters is 1. The normalized spacial score (nSPS) is 29.1. The van der Waals surface area contributed by atoms with E-state index in [0.717, 1.165) is 36.8 Å². The van der Waals surface area contributed by atoms with Gasteiger partial charge < -0.3 is 25.0 Å². The Kier molecular flexibility index (Phi) is 10.1. The molecule has 2 N–H and O–H groups in total. The number of carbonyl (C=O) groups excluding carboxylic acids is 4. The summed E-state index contributed by atoms with van der Waals surface area (Å²) < 4.78 is 5.59. The minimum absolute atomic E-state index is 0.107. The van der Waals surface area contributed by atoms with E-state index in [1.165, 1.54) is 0 Å². The highest BCUT2D eigenvalue weighted by Crippen LogP contribution is 2.46. The van der Waals surface area contributed by atoms with Gasteiger partial charge in [-0.1, -0.05) is 66.9 Å². The third kappa shape index (κ3) is 7.45. The minimum Gasteiger partial charge on any atom is -0.479 e. The van der Waals surface area contributed by atoms with Gasteiger partial charge in [-0.25, -0.2) is 4.79 Å². The van der Waals surface area contributed by atoms with Crippen LogP contribution < -0.4 is 5.32 Å². The number of allylic oxidation sites excluding steroid dienone is 1. The Morgan fingerprint density at radius 2 is 1.80 bits per heavy atom. The van der Waals surface area contributed by atoms with Gasteiger partial charge in [0.15, 0.2) is 0 Å². The largest absolute Gasteiger partial charge is 0.479 e. The van der Waals surface area contributed by atoms with Gasteiger partial charge in [-0.3, -0.25) is 19.2 Å². The zero-order valence-corrected chi connectivity index (χ0v) is 29.7. The van der Waals surface area contributed by atoms with Crippen molar-refractivity contribution >= 4 is 41.3 Å². The Hall–Kier alpha value is -4.18. The first-order valence-electron chi connectivity index (χ1n) is 17.7. The van der Waals surface area contributed by atoms with Crippen LogP contribution in [0.2, 0.25) is 5.02 Å². The number of amides is 3. The first kappa shape index (κ1) is 35.6. The third-order valence-electron chi connectivity index (χ3n) is 10.5.